The molecule has 0 saturated carbocycles. The van der Waals surface area contributed by atoms with E-state index in [1.807, 2.05) is 0 Å². The molecule has 1 heterocycles. The van der Waals surface area contributed by atoms with E-state index in [4.69, 9.17) is 0 Å². The highest BCUT2D eigenvalue weighted by molar-refractivity contribution is 7.91. The number of ether oxygens (including phenoxy) is 1. The second-order valence-electron chi connectivity index (χ2n) is 6.40. The van der Waals surface area contributed by atoms with Crippen LogP contribution in [0.15, 0.2) is 76.5 Å². The summed E-state index contributed by atoms with van der Waals surface area (Å²) in [5, 5.41) is 2.54. The molecule has 1 amide bonds. The number of carbonyl (C=O) groups is 2. The summed E-state index contributed by atoms with van der Waals surface area (Å²) in [5.74, 6) is -1.13. The summed E-state index contributed by atoms with van der Waals surface area (Å²) in [5.41, 5.74) is 0.410. The Bertz CT molecular complexity index is 1270. The van der Waals surface area contributed by atoms with Crippen molar-refractivity contribution in [3.63, 3.8) is 0 Å². The molecule has 0 aliphatic carbocycles. The summed E-state index contributed by atoms with van der Waals surface area (Å²) >= 11 is 0. The van der Waals surface area contributed by atoms with Gasteiger partial charge in [0, 0.05) is 22.4 Å². The second-order valence-corrected chi connectivity index (χ2v) is 8.28. The van der Waals surface area contributed by atoms with Crippen molar-refractivity contribution in [3.8, 4) is 5.75 Å². The molecule has 1 N–H and O–H groups in total. The summed E-state index contributed by atoms with van der Waals surface area (Å²) in [6.07, 6.45) is 0. The van der Waals surface area contributed by atoms with Crippen LogP contribution in [0.3, 0.4) is 0 Å². The first-order valence-corrected chi connectivity index (χ1v) is 10.1. The molecule has 0 aromatic heterocycles. The Balaban J connectivity index is 1.64. The lowest BCUT2D eigenvalue weighted by Gasteiger charge is -2.19. The SMILES string of the molecule is O=C(Nc1ccc(OC(F)F)cc1)c1ccc2c(c1)S(=O)(=O)c1ccccc1C2=O. The quantitative estimate of drug-likeness (QED) is 0.531. The van der Waals surface area contributed by atoms with Crippen LogP contribution >= 0.6 is 0 Å². The van der Waals surface area contributed by atoms with Gasteiger partial charge in [0.25, 0.3) is 5.91 Å². The molecule has 3 aromatic rings. The fourth-order valence-electron chi connectivity index (χ4n) is 3.15. The number of hydrogen-bond donors (Lipinski definition) is 1. The van der Waals surface area contributed by atoms with Gasteiger partial charge >= 0.3 is 6.61 Å². The van der Waals surface area contributed by atoms with Gasteiger partial charge in [-0.2, -0.15) is 8.78 Å². The van der Waals surface area contributed by atoms with Gasteiger partial charge in [-0.1, -0.05) is 12.1 Å². The molecular formula is C21H13F2NO5S. The largest absolute Gasteiger partial charge is 0.435 e. The molecule has 152 valence electrons. The molecule has 0 radical (unpaired) electrons. The predicted octanol–water partition coefficient (Wildman–Crippen LogP) is 3.92. The molecule has 30 heavy (non-hydrogen) atoms. The third-order valence-corrected chi connectivity index (χ3v) is 6.39. The summed E-state index contributed by atoms with van der Waals surface area (Å²) in [7, 11) is -3.97. The molecule has 1 aliphatic heterocycles. The van der Waals surface area contributed by atoms with Crippen molar-refractivity contribution in [2.24, 2.45) is 0 Å². The minimum atomic E-state index is -3.97. The lowest BCUT2D eigenvalue weighted by atomic mass is 10.0. The van der Waals surface area contributed by atoms with E-state index in [1.165, 1.54) is 54.6 Å². The number of anilines is 1. The molecule has 4 rings (SSSR count). The minimum Gasteiger partial charge on any atom is -0.435 e. The lowest BCUT2D eigenvalue weighted by Crippen LogP contribution is -2.21. The Morgan fingerprint density at radius 2 is 1.57 bits per heavy atom. The van der Waals surface area contributed by atoms with Crippen LogP contribution < -0.4 is 10.1 Å². The van der Waals surface area contributed by atoms with Gasteiger partial charge in [-0.05, 0) is 54.6 Å². The maximum atomic E-state index is 12.9. The van der Waals surface area contributed by atoms with Gasteiger partial charge in [-0.25, -0.2) is 8.42 Å². The highest BCUT2D eigenvalue weighted by Gasteiger charge is 2.35. The number of benzene rings is 3. The van der Waals surface area contributed by atoms with Crippen molar-refractivity contribution in [2.75, 3.05) is 5.32 Å². The standard InChI is InChI=1S/C21H13F2NO5S/c22-21(23)29-14-8-6-13(7-9-14)24-20(26)12-5-10-16-18(11-12)30(27,28)17-4-2-1-3-15(17)19(16)25/h1-11,21H,(H,24,26). The number of hydrogen-bond acceptors (Lipinski definition) is 5. The molecule has 9 heteroatoms. The molecular weight excluding hydrogens is 416 g/mol. The van der Waals surface area contributed by atoms with Crippen LogP contribution in [0.25, 0.3) is 0 Å². The zero-order chi connectivity index (χ0) is 21.5. The first-order valence-electron chi connectivity index (χ1n) is 8.66. The van der Waals surface area contributed by atoms with Crippen molar-refractivity contribution in [2.45, 2.75) is 16.4 Å². The highest BCUT2D eigenvalue weighted by Crippen LogP contribution is 2.34. The zero-order valence-corrected chi connectivity index (χ0v) is 16.0. The van der Waals surface area contributed by atoms with Crippen LogP contribution in [0.1, 0.15) is 26.3 Å². The van der Waals surface area contributed by atoms with Gasteiger partial charge in [-0.15, -0.1) is 0 Å². The van der Waals surface area contributed by atoms with Gasteiger partial charge in [-0.3, -0.25) is 9.59 Å². The van der Waals surface area contributed by atoms with Crippen LogP contribution in [0.4, 0.5) is 14.5 Å². The Kier molecular flexibility index (Phi) is 4.83. The van der Waals surface area contributed by atoms with Gasteiger partial charge in [0.15, 0.2) is 5.78 Å². The Morgan fingerprint density at radius 3 is 2.27 bits per heavy atom. The van der Waals surface area contributed by atoms with Crippen molar-refractivity contribution >= 4 is 27.2 Å². The second kappa shape index (κ2) is 7.34. The fraction of sp³-hybridized carbons (Fsp3) is 0.0476. The van der Waals surface area contributed by atoms with Crippen molar-refractivity contribution in [3.05, 3.63) is 83.4 Å². The van der Waals surface area contributed by atoms with E-state index in [0.29, 0.717) is 5.69 Å². The van der Waals surface area contributed by atoms with Crippen LogP contribution in [0.2, 0.25) is 0 Å². The number of fused-ring (bicyclic) bond motifs is 2. The van der Waals surface area contributed by atoms with E-state index in [-0.39, 0.29) is 32.2 Å². The monoisotopic (exact) mass is 429 g/mol. The van der Waals surface area contributed by atoms with Gasteiger partial charge in [0.05, 0.1) is 9.79 Å². The molecule has 0 atom stereocenters. The molecule has 0 spiro atoms. The number of carbonyl (C=O) groups excluding carboxylic acids is 2. The Hall–Kier alpha value is -3.59. The Morgan fingerprint density at radius 1 is 0.900 bits per heavy atom. The highest BCUT2D eigenvalue weighted by atomic mass is 32.2. The van der Waals surface area contributed by atoms with Crippen molar-refractivity contribution in [1.82, 2.24) is 0 Å². The summed E-state index contributed by atoms with van der Waals surface area (Å²) in [4.78, 5) is 24.9. The van der Waals surface area contributed by atoms with E-state index < -0.39 is 28.1 Å². The van der Waals surface area contributed by atoms with Crippen LogP contribution in [0, 0.1) is 0 Å². The number of sulfone groups is 1. The van der Waals surface area contributed by atoms with E-state index >= 15 is 0 Å². The van der Waals surface area contributed by atoms with Gasteiger partial charge in [0.2, 0.25) is 9.84 Å². The van der Waals surface area contributed by atoms with Crippen LogP contribution in [-0.4, -0.2) is 26.7 Å². The summed E-state index contributed by atoms with van der Waals surface area (Å²) in [6.45, 7) is -2.96. The molecule has 0 fully saturated rings. The number of nitrogens with one attached hydrogen (secondary N) is 1. The van der Waals surface area contributed by atoms with Gasteiger partial charge < -0.3 is 10.1 Å². The third kappa shape index (κ3) is 3.43. The van der Waals surface area contributed by atoms with E-state index in [9.17, 15) is 26.8 Å². The smallest absolute Gasteiger partial charge is 0.387 e. The minimum absolute atomic E-state index is 0.00116. The van der Waals surface area contributed by atoms with E-state index in [1.54, 1.807) is 6.07 Å². The molecule has 6 nitrogen and oxygen atoms in total. The van der Waals surface area contributed by atoms with Gasteiger partial charge in [0.1, 0.15) is 5.75 Å². The van der Waals surface area contributed by atoms with Crippen LogP contribution in [-0.2, 0) is 9.84 Å². The number of rotatable bonds is 4. The Labute approximate surface area is 170 Å². The maximum absolute atomic E-state index is 12.9. The normalized spacial score (nSPS) is 14.0. The first kappa shape index (κ1) is 19.7. The third-order valence-electron chi connectivity index (χ3n) is 4.54. The average Bonchev–Trinajstić information content (AvgIpc) is 2.73. The number of halogens is 2. The molecule has 0 saturated heterocycles. The van der Waals surface area contributed by atoms with Crippen molar-refractivity contribution in [1.29, 1.82) is 0 Å². The van der Waals surface area contributed by atoms with E-state index in [2.05, 4.69) is 10.1 Å². The zero-order valence-electron chi connectivity index (χ0n) is 15.1. The number of ketones is 1. The first-order chi connectivity index (χ1) is 14.3. The predicted molar refractivity (Wildman–Crippen MR) is 103 cm³/mol. The van der Waals surface area contributed by atoms with Crippen molar-refractivity contribution < 1.29 is 31.5 Å². The molecule has 3 aromatic carbocycles. The summed E-state index contributed by atoms with van der Waals surface area (Å²) in [6, 6.07) is 15.0. The fourth-order valence-corrected chi connectivity index (χ4v) is 4.83. The number of amides is 1. The summed E-state index contributed by atoms with van der Waals surface area (Å²) < 4.78 is 54.5. The molecule has 1 aliphatic rings. The number of alkyl halides is 2. The maximum Gasteiger partial charge on any atom is 0.387 e. The lowest BCUT2D eigenvalue weighted by molar-refractivity contribution is -0.0498. The topological polar surface area (TPSA) is 89.5 Å². The average molecular weight is 429 g/mol. The van der Waals surface area contributed by atoms with E-state index in [0.717, 1.165) is 6.07 Å². The van der Waals surface area contributed by atoms with Crippen LogP contribution in [0.5, 0.6) is 5.75 Å². The molecule has 0 bridgehead atoms. The molecule has 0 unspecified atom stereocenters.